The lowest BCUT2D eigenvalue weighted by molar-refractivity contribution is -0.127. The summed E-state index contributed by atoms with van der Waals surface area (Å²) in [5.41, 5.74) is 3.70. The van der Waals surface area contributed by atoms with E-state index in [1.54, 1.807) is 30.3 Å². The number of aromatic nitrogens is 3. The smallest absolute Gasteiger partial charge is 0.249 e. The first-order valence-corrected chi connectivity index (χ1v) is 11.6. The molecule has 0 fully saturated rings. The van der Waals surface area contributed by atoms with Gasteiger partial charge in [-0.3, -0.25) is 14.5 Å². The Kier molecular flexibility index (Phi) is 7.70. The van der Waals surface area contributed by atoms with Crippen LogP contribution in [0, 0.1) is 19.7 Å². The number of hydrogen-bond donors (Lipinski definition) is 1. The SMILES string of the molecule is COCCNC(=O)[C@H](c1ccccc1F)N(C(=O)Cn1nnc2ccccc21)c1cc(C)cc(C)c1. The van der Waals surface area contributed by atoms with Gasteiger partial charge < -0.3 is 10.1 Å². The molecule has 1 aromatic heterocycles. The molecule has 1 atom stereocenters. The molecule has 1 heterocycles. The number of benzene rings is 3. The van der Waals surface area contributed by atoms with Crippen LogP contribution in [0.4, 0.5) is 10.1 Å². The van der Waals surface area contributed by atoms with E-state index in [4.69, 9.17) is 4.74 Å². The first-order valence-electron chi connectivity index (χ1n) is 11.6. The number of carbonyl (C=O) groups excluding carboxylic acids is 2. The van der Waals surface area contributed by atoms with Crippen LogP contribution in [0.2, 0.25) is 0 Å². The fraction of sp³-hybridized carbons (Fsp3) is 0.259. The van der Waals surface area contributed by atoms with Crippen LogP contribution in [0.25, 0.3) is 11.0 Å². The average molecular weight is 490 g/mol. The molecule has 4 rings (SSSR count). The zero-order chi connectivity index (χ0) is 25.7. The normalized spacial score (nSPS) is 11.9. The van der Waals surface area contributed by atoms with Gasteiger partial charge in [0.2, 0.25) is 11.8 Å². The van der Waals surface area contributed by atoms with Gasteiger partial charge in [-0.1, -0.05) is 41.6 Å². The van der Waals surface area contributed by atoms with Gasteiger partial charge in [0, 0.05) is 24.9 Å². The van der Waals surface area contributed by atoms with Gasteiger partial charge in [-0.2, -0.15) is 0 Å². The van der Waals surface area contributed by atoms with Crippen molar-refractivity contribution in [3.63, 3.8) is 0 Å². The number of methoxy groups -OCH3 is 1. The Labute approximate surface area is 208 Å². The number of ether oxygens (including phenoxy) is 1. The molecule has 8 nitrogen and oxygen atoms in total. The maximum Gasteiger partial charge on any atom is 0.249 e. The molecule has 2 amide bonds. The van der Waals surface area contributed by atoms with E-state index in [1.165, 1.54) is 28.8 Å². The number of nitrogens with zero attached hydrogens (tertiary/aromatic N) is 4. The number of halogens is 1. The van der Waals surface area contributed by atoms with Crippen molar-refractivity contribution in [1.82, 2.24) is 20.3 Å². The molecule has 0 aliphatic carbocycles. The third-order valence-electron chi connectivity index (χ3n) is 5.77. The summed E-state index contributed by atoms with van der Waals surface area (Å²) in [5.74, 6) is -1.54. The van der Waals surface area contributed by atoms with E-state index < -0.39 is 23.7 Å². The van der Waals surface area contributed by atoms with Gasteiger partial charge in [0.05, 0.1) is 12.1 Å². The quantitative estimate of drug-likeness (QED) is 0.362. The van der Waals surface area contributed by atoms with Crippen molar-refractivity contribution in [2.75, 3.05) is 25.2 Å². The van der Waals surface area contributed by atoms with Gasteiger partial charge >= 0.3 is 0 Å². The van der Waals surface area contributed by atoms with Crippen molar-refractivity contribution in [2.45, 2.75) is 26.4 Å². The highest BCUT2D eigenvalue weighted by molar-refractivity contribution is 6.01. The van der Waals surface area contributed by atoms with Crippen molar-refractivity contribution in [1.29, 1.82) is 0 Å². The summed E-state index contributed by atoms with van der Waals surface area (Å²) in [5, 5.41) is 11.0. The number of carbonyl (C=O) groups is 2. The highest BCUT2D eigenvalue weighted by atomic mass is 19.1. The van der Waals surface area contributed by atoms with Crippen LogP contribution in [-0.2, 0) is 20.9 Å². The van der Waals surface area contributed by atoms with Crippen LogP contribution in [0.1, 0.15) is 22.7 Å². The van der Waals surface area contributed by atoms with Gasteiger partial charge in [-0.05, 0) is 55.3 Å². The van der Waals surface area contributed by atoms with Crippen LogP contribution in [0.3, 0.4) is 0 Å². The van der Waals surface area contributed by atoms with Gasteiger partial charge in [0.15, 0.2) is 0 Å². The summed E-state index contributed by atoms with van der Waals surface area (Å²) in [7, 11) is 1.52. The standard InChI is InChI=1S/C27H28FN5O3/c1-18-14-19(2)16-20(15-18)33(25(34)17-32-24-11-7-6-10-23(24)30-31-32)26(27(35)29-12-13-36-3)21-8-4-5-9-22(21)28/h4-11,14-16,26H,12-13,17H2,1-3H3,(H,29,35)/t26-/m0/s1. The molecular formula is C27H28FN5O3. The van der Waals surface area contributed by atoms with E-state index in [2.05, 4.69) is 15.6 Å². The number of nitrogens with one attached hydrogen (secondary N) is 1. The molecule has 0 aliphatic heterocycles. The number of fused-ring (bicyclic) bond motifs is 1. The Hall–Kier alpha value is -4.11. The zero-order valence-corrected chi connectivity index (χ0v) is 20.4. The third-order valence-corrected chi connectivity index (χ3v) is 5.77. The number of amides is 2. The van der Waals surface area contributed by atoms with Crippen molar-refractivity contribution < 1.29 is 18.7 Å². The highest BCUT2D eigenvalue weighted by Gasteiger charge is 2.35. The van der Waals surface area contributed by atoms with Gasteiger partial charge in [-0.25, -0.2) is 9.07 Å². The summed E-state index contributed by atoms with van der Waals surface area (Å²) in [6.45, 7) is 4.10. The number of para-hydroxylation sites is 1. The lowest BCUT2D eigenvalue weighted by Gasteiger charge is -2.32. The minimum atomic E-state index is -1.26. The summed E-state index contributed by atoms with van der Waals surface area (Å²) >= 11 is 0. The lowest BCUT2D eigenvalue weighted by atomic mass is 10.0. The summed E-state index contributed by atoms with van der Waals surface area (Å²) < 4.78 is 21.6. The maximum absolute atomic E-state index is 15.1. The number of rotatable bonds is 9. The number of aryl methyl sites for hydroxylation is 2. The Morgan fingerprint density at radius 3 is 2.47 bits per heavy atom. The average Bonchev–Trinajstić information content (AvgIpc) is 3.25. The molecule has 0 spiro atoms. The third kappa shape index (κ3) is 5.41. The molecule has 186 valence electrons. The molecule has 0 bridgehead atoms. The Morgan fingerprint density at radius 2 is 1.75 bits per heavy atom. The molecular weight excluding hydrogens is 461 g/mol. The first-order chi connectivity index (χ1) is 17.4. The second-order valence-electron chi connectivity index (χ2n) is 8.55. The maximum atomic E-state index is 15.1. The van der Waals surface area contributed by atoms with E-state index in [-0.39, 0.29) is 25.3 Å². The van der Waals surface area contributed by atoms with Crippen molar-refractivity contribution >= 4 is 28.5 Å². The molecule has 0 saturated heterocycles. The largest absolute Gasteiger partial charge is 0.383 e. The highest BCUT2D eigenvalue weighted by Crippen LogP contribution is 2.31. The molecule has 0 saturated carbocycles. The van der Waals surface area contributed by atoms with Crippen molar-refractivity contribution in [3.05, 3.63) is 89.2 Å². The van der Waals surface area contributed by atoms with E-state index in [0.717, 1.165) is 11.1 Å². The topological polar surface area (TPSA) is 89.4 Å². The van der Waals surface area contributed by atoms with Crippen LogP contribution < -0.4 is 10.2 Å². The molecule has 36 heavy (non-hydrogen) atoms. The first kappa shape index (κ1) is 25.0. The van der Waals surface area contributed by atoms with Crippen LogP contribution in [0.5, 0.6) is 0 Å². The molecule has 0 unspecified atom stereocenters. The number of anilines is 1. The minimum Gasteiger partial charge on any atom is -0.383 e. The van der Waals surface area contributed by atoms with E-state index >= 15 is 4.39 Å². The molecule has 1 N–H and O–H groups in total. The second kappa shape index (κ2) is 11.1. The molecule has 4 aromatic rings. The Morgan fingerprint density at radius 1 is 1.06 bits per heavy atom. The van der Waals surface area contributed by atoms with E-state index in [1.807, 2.05) is 38.1 Å². The Balaban J connectivity index is 1.82. The fourth-order valence-electron chi connectivity index (χ4n) is 4.23. The van der Waals surface area contributed by atoms with Gasteiger partial charge in [-0.15, -0.1) is 5.10 Å². The zero-order valence-electron chi connectivity index (χ0n) is 20.4. The predicted octanol–water partition coefficient (Wildman–Crippen LogP) is 3.72. The lowest BCUT2D eigenvalue weighted by Crippen LogP contribution is -2.46. The Bertz CT molecular complexity index is 1370. The monoisotopic (exact) mass is 489 g/mol. The van der Waals surface area contributed by atoms with E-state index in [9.17, 15) is 9.59 Å². The molecule has 0 aliphatic rings. The van der Waals surface area contributed by atoms with Crippen molar-refractivity contribution in [3.8, 4) is 0 Å². The molecule has 0 radical (unpaired) electrons. The van der Waals surface area contributed by atoms with Gasteiger partial charge in [0.1, 0.15) is 23.9 Å². The number of hydrogen-bond acceptors (Lipinski definition) is 5. The molecule has 9 heteroatoms. The fourth-order valence-corrected chi connectivity index (χ4v) is 4.23. The second-order valence-corrected chi connectivity index (χ2v) is 8.55. The molecule has 3 aromatic carbocycles. The van der Waals surface area contributed by atoms with Crippen LogP contribution in [-0.4, -0.2) is 47.1 Å². The predicted molar refractivity (Wildman–Crippen MR) is 135 cm³/mol. The minimum absolute atomic E-state index is 0.0865. The van der Waals surface area contributed by atoms with E-state index in [0.29, 0.717) is 16.7 Å². The van der Waals surface area contributed by atoms with Crippen LogP contribution in [0.15, 0.2) is 66.7 Å². The van der Waals surface area contributed by atoms with Crippen molar-refractivity contribution in [2.24, 2.45) is 0 Å². The summed E-state index contributed by atoms with van der Waals surface area (Å²) in [6.07, 6.45) is 0. The van der Waals surface area contributed by atoms with Crippen LogP contribution >= 0.6 is 0 Å². The van der Waals surface area contributed by atoms with Gasteiger partial charge in [0.25, 0.3) is 0 Å². The summed E-state index contributed by atoms with van der Waals surface area (Å²) in [6, 6.07) is 17.6. The summed E-state index contributed by atoms with van der Waals surface area (Å²) in [4.78, 5) is 28.8.